The Balaban J connectivity index is 1.59. The number of furan rings is 1. The van der Waals surface area contributed by atoms with Crippen LogP contribution >= 0.6 is 11.6 Å². The maximum absolute atomic E-state index is 12.2. The van der Waals surface area contributed by atoms with Crippen molar-refractivity contribution < 1.29 is 9.21 Å². The van der Waals surface area contributed by atoms with E-state index in [-0.39, 0.29) is 5.57 Å². The van der Waals surface area contributed by atoms with Gasteiger partial charge < -0.3 is 14.3 Å². The van der Waals surface area contributed by atoms with E-state index in [1.807, 2.05) is 29.0 Å². The summed E-state index contributed by atoms with van der Waals surface area (Å²) >= 11 is 5.88. The second kappa shape index (κ2) is 8.88. The van der Waals surface area contributed by atoms with E-state index in [2.05, 4.69) is 10.3 Å². The van der Waals surface area contributed by atoms with Crippen molar-refractivity contribution in [3.8, 4) is 17.4 Å². The summed E-state index contributed by atoms with van der Waals surface area (Å²) in [5, 5.41) is 12.7. The number of carbonyl (C=O) groups is 1. The van der Waals surface area contributed by atoms with Crippen LogP contribution in [0.25, 0.3) is 17.4 Å². The molecule has 1 N–H and O–H groups in total. The third-order valence-electron chi connectivity index (χ3n) is 3.85. The fraction of sp³-hybridized carbons (Fsp3) is 0.150. The van der Waals surface area contributed by atoms with Gasteiger partial charge in [0.1, 0.15) is 23.2 Å². The first-order valence-electron chi connectivity index (χ1n) is 8.37. The summed E-state index contributed by atoms with van der Waals surface area (Å²) in [4.78, 5) is 16.1. The van der Waals surface area contributed by atoms with Crippen molar-refractivity contribution in [2.24, 2.45) is 0 Å². The number of aryl methyl sites for hydroxylation is 1. The molecule has 3 rings (SSSR count). The van der Waals surface area contributed by atoms with E-state index >= 15 is 0 Å². The lowest BCUT2D eigenvalue weighted by Crippen LogP contribution is -2.26. The first-order chi connectivity index (χ1) is 13.2. The zero-order valence-electron chi connectivity index (χ0n) is 14.4. The van der Waals surface area contributed by atoms with Crippen molar-refractivity contribution in [2.75, 3.05) is 6.54 Å². The minimum absolute atomic E-state index is 0.00497. The Kier molecular flexibility index (Phi) is 6.08. The monoisotopic (exact) mass is 380 g/mol. The van der Waals surface area contributed by atoms with E-state index in [0.29, 0.717) is 23.1 Å². The van der Waals surface area contributed by atoms with Gasteiger partial charge in [-0.2, -0.15) is 5.26 Å². The van der Waals surface area contributed by atoms with Crippen molar-refractivity contribution in [3.63, 3.8) is 0 Å². The number of amides is 1. The van der Waals surface area contributed by atoms with Crippen LogP contribution in [0.4, 0.5) is 0 Å². The van der Waals surface area contributed by atoms with Crippen LogP contribution in [0.1, 0.15) is 12.2 Å². The first kappa shape index (κ1) is 18.5. The van der Waals surface area contributed by atoms with Gasteiger partial charge in [0.05, 0.1) is 6.33 Å². The zero-order chi connectivity index (χ0) is 19.1. The Bertz CT molecular complexity index is 966. The van der Waals surface area contributed by atoms with Crippen LogP contribution in [0.15, 0.2) is 65.1 Å². The summed E-state index contributed by atoms with van der Waals surface area (Å²) in [7, 11) is 0. The van der Waals surface area contributed by atoms with E-state index < -0.39 is 5.91 Å². The number of nitrogens with zero attached hydrogens (tertiary/aromatic N) is 3. The molecule has 6 nitrogen and oxygen atoms in total. The molecular weight excluding hydrogens is 364 g/mol. The Hall–Kier alpha value is -3.30. The molecule has 0 radical (unpaired) electrons. The maximum Gasteiger partial charge on any atom is 0.262 e. The molecule has 1 amide bonds. The van der Waals surface area contributed by atoms with E-state index in [0.717, 1.165) is 18.5 Å². The minimum Gasteiger partial charge on any atom is -0.457 e. The highest BCUT2D eigenvalue weighted by Gasteiger charge is 2.10. The average Bonchev–Trinajstić information content (AvgIpc) is 3.36. The van der Waals surface area contributed by atoms with Crippen LogP contribution in [-0.2, 0) is 11.3 Å². The van der Waals surface area contributed by atoms with Gasteiger partial charge in [-0.15, -0.1) is 0 Å². The number of nitriles is 1. The molecular formula is C20H17ClN4O2. The van der Waals surface area contributed by atoms with Gasteiger partial charge in [0.15, 0.2) is 0 Å². The van der Waals surface area contributed by atoms with Gasteiger partial charge in [-0.05, 0) is 42.8 Å². The van der Waals surface area contributed by atoms with Crippen LogP contribution in [0.2, 0.25) is 5.02 Å². The topological polar surface area (TPSA) is 83.9 Å². The van der Waals surface area contributed by atoms with Gasteiger partial charge in [0, 0.05) is 42.1 Å². The van der Waals surface area contributed by atoms with E-state index in [9.17, 15) is 10.1 Å². The molecule has 0 spiro atoms. The van der Waals surface area contributed by atoms with Crippen molar-refractivity contribution in [2.45, 2.75) is 13.0 Å². The lowest BCUT2D eigenvalue weighted by molar-refractivity contribution is -0.117. The molecule has 2 aromatic heterocycles. The van der Waals surface area contributed by atoms with Crippen LogP contribution in [0.3, 0.4) is 0 Å². The number of carbonyl (C=O) groups excluding carboxylic acids is 1. The third-order valence-corrected chi connectivity index (χ3v) is 4.10. The maximum atomic E-state index is 12.2. The SMILES string of the molecule is N#CC(=Cc1ccc(-c2ccc(Cl)cc2)o1)C(=O)NCCCn1ccnc1. The number of aromatic nitrogens is 2. The predicted molar refractivity (Wildman–Crippen MR) is 103 cm³/mol. The highest BCUT2D eigenvalue weighted by molar-refractivity contribution is 6.30. The number of imidazole rings is 1. The molecule has 1 aromatic carbocycles. The number of nitrogens with one attached hydrogen (secondary N) is 1. The van der Waals surface area contributed by atoms with Crippen molar-refractivity contribution in [3.05, 3.63) is 71.5 Å². The van der Waals surface area contributed by atoms with Crippen LogP contribution < -0.4 is 5.32 Å². The second-order valence-electron chi connectivity index (χ2n) is 5.79. The molecule has 27 heavy (non-hydrogen) atoms. The Labute approximate surface area is 161 Å². The summed E-state index contributed by atoms with van der Waals surface area (Å²) in [5.74, 6) is 0.647. The highest BCUT2D eigenvalue weighted by atomic mass is 35.5. The zero-order valence-corrected chi connectivity index (χ0v) is 15.2. The molecule has 0 saturated carbocycles. The molecule has 136 valence electrons. The Morgan fingerprint density at radius 3 is 2.81 bits per heavy atom. The number of halogens is 1. The van der Waals surface area contributed by atoms with Crippen LogP contribution in [-0.4, -0.2) is 22.0 Å². The second-order valence-corrected chi connectivity index (χ2v) is 6.23. The molecule has 0 aliphatic carbocycles. The molecule has 0 bridgehead atoms. The summed E-state index contributed by atoms with van der Waals surface area (Å²) in [5.41, 5.74) is 0.858. The fourth-order valence-electron chi connectivity index (χ4n) is 2.47. The molecule has 0 aliphatic heterocycles. The van der Waals surface area contributed by atoms with Gasteiger partial charge in [-0.25, -0.2) is 4.98 Å². The Morgan fingerprint density at radius 1 is 1.30 bits per heavy atom. The lowest BCUT2D eigenvalue weighted by atomic mass is 10.2. The third kappa shape index (κ3) is 5.09. The molecule has 3 aromatic rings. The standard InChI is InChI=1S/C20H17ClN4O2/c21-17-4-2-15(3-5-17)19-7-6-18(27-19)12-16(13-22)20(26)24-8-1-10-25-11-9-23-14-25/h2-7,9,11-12,14H,1,8,10H2,(H,24,26). The van der Waals surface area contributed by atoms with Gasteiger partial charge >= 0.3 is 0 Å². The molecule has 0 saturated heterocycles. The lowest BCUT2D eigenvalue weighted by Gasteiger charge is -2.04. The highest BCUT2D eigenvalue weighted by Crippen LogP contribution is 2.24. The van der Waals surface area contributed by atoms with E-state index in [1.165, 1.54) is 6.08 Å². The average molecular weight is 381 g/mol. The summed E-state index contributed by atoms with van der Waals surface area (Å²) in [6.45, 7) is 1.21. The van der Waals surface area contributed by atoms with Gasteiger partial charge in [0.2, 0.25) is 0 Å². The first-order valence-corrected chi connectivity index (χ1v) is 8.75. The van der Waals surface area contributed by atoms with Gasteiger partial charge in [-0.1, -0.05) is 11.6 Å². The molecule has 7 heteroatoms. The molecule has 0 aliphatic rings. The number of hydrogen-bond acceptors (Lipinski definition) is 4. The van der Waals surface area contributed by atoms with Crippen molar-refractivity contribution >= 4 is 23.6 Å². The molecule has 0 atom stereocenters. The minimum atomic E-state index is -0.424. The van der Waals surface area contributed by atoms with Crippen LogP contribution in [0, 0.1) is 11.3 Å². The summed E-state index contributed by atoms with van der Waals surface area (Å²) in [6.07, 6.45) is 7.46. The normalized spacial score (nSPS) is 11.2. The van der Waals surface area contributed by atoms with E-state index in [1.54, 1.807) is 36.8 Å². The molecule has 0 fully saturated rings. The smallest absolute Gasteiger partial charge is 0.262 e. The fourth-order valence-corrected chi connectivity index (χ4v) is 2.59. The van der Waals surface area contributed by atoms with Gasteiger partial charge in [0.25, 0.3) is 5.91 Å². The molecule has 2 heterocycles. The Morgan fingerprint density at radius 2 is 2.11 bits per heavy atom. The largest absolute Gasteiger partial charge is 0.457 e. The predicted octanol–water partition coefficient (Wildman–Crippen LogP) is 3.91. The van der Waals surface area contributed by atoms with Gasteiger partial charge in [-0.3, -0.25) is 4.79 Å². The van der Waals surface area contributed by atoms with Crippen LogP contribution in [0.5, 0.6) is 0 Å². The number of benzene rings is 1. The van der Waals surface area contributed by atoms with Crippen molar-refractivity contribution in [1.82, 2.24) is 14.9 Å². The number of hydrogen-bond donors (Lipinski definition) is 1. The summed E-state index contributed by atoms with van der Waals surface area (Å²) in [6, 6.07) is 12.6. The number of rotatable bonds is 7. The molecule has 0 unspecified atom stereocenters. The summed E-state index contributed by atoms with van der Waals surface area (Å²) < 4.78 is 7.63. The van der Waals surface area contributed by atoms with E-state index in [4.69, 9.17) is 16.0 Å². The quantitative estimate of drug-likeness (QED) is 0.382. The van der Waals surface area contributed by atoms with Crippen molar-refractivity contribution in [1.29, 1.82) is 5.26 Å².